The Bertz CT molecular complexity index is 600. The van der Waals surface area contributed by atoms with E-state index in [-0.39, 0.29) is 11.4 Å². The minimum Gasteiger partial charge on any atom is -0.508 e. The number of phenols is 1. The minimum atomic E-state index is -0.860. The smallest absolute Gasteiger partial charge is 0.323 e. The van der Waals surface area contributed by atoms with E-state index in [1.807, 2.05) is 0 Å². The number of aromatic hydroxyl groups is 1. The Balaban J connectivity index is 2.03. The molecule has 0 spiro atoms. The van der Waals surface area contributed by atoms with E-state index in [0.29, 0.717) is 11.8 Å². The molecule has 98 valence electrons. The predicted octanol–water partition coefficient (Wildman–Crippen LogP) is 3.31. The molecule has 0 fully saturated rings. The third kappa shape index (κ3) is 3.41. The van der Waals surface area contributed by atoms with Crippen molar-refractivity contribution in [1.82, 2.24) is 0 Å². The summed E-state index contributed by atoms with van der Waals surface area (Å²) in [6, 6.07) is 7.93. The molecule has 0 aliphatic rings. The molecule has 0 aliphatic carbocycles. The van der Waals surface area contributed by atoms with Crippen molar-refractivity contribution in [1.29, 1.82) is 0 Å². The van der Waals surface area contributed by atoms with Crippen LogP contribution >= 0.6 is 0 Å². The quantitative estimate of drug-likeness (QED) is 0.729. The highest BCUT2D eigenvalue weighted by atomic mass is 19.1. The Kier molecular flexibility index (Phi) is 3.61. The molecule has 2 aromatic rings. The molecule has 0 radical (unpaired) electrons. The third-order valence-electron chi connectivity index (χ3n) is 2.30. The predicted molar refractivity (Wildman–Crippen MR) is 67.1 cm³/mol. The molecule has 0 aliphatic heterocycles. The number of anilines is 2. The second-order valence-corrected chi connectivity index (χ2v) is 3.75. The van der Waals surface area contributed by atoms with Gasteiger partial charge in [0.15, 0.2) is 0 Å². The van der Waals surface area contributed by atoms with E-state index in [0.717, 1.165) is 12.1 Å². The van der Waals surface area contributed by atoms with Gasteiger partial charge in [0.1, 0.15) is 17.4 Å². The summed E-state index contributed by atoms with van der Waals surface area (Å²) in [5, 5.41) is 13.8. The number of benzene rings is 2. The number of urea groups is 1. The molecule has 0 saturated heterocycles. The zero-order valence-corrected chi connectivity index (χ0v) is 9.65. The number of hydrogen-bond acceptors (Lipinski definition) is 2. The highest BCUT2D eigenvalue weighted by Crippen LogP contribution is 2.17. The summed E-state index contributed by atoms with van der Waals surface area (Å²) in [5.74, 6) is -1.52. The van der Waals surface area contributed by atoms with Gasteiger partial charge in [0.2, 0.25) is 0 Å². The molecule has 6 heteroatoms. The SMILES string of the molecule is O=C(Nc1ccc(O)cc1)Nc1ccc(F)cc1F. The Hall–Kier alpha value is -2.63. The van der Waals surface area contributed by atoms with Crippen LogP contribution in [0.5, 0.6) is 5.75 Å². The average Bonchev–Trinajstić information content (AvgIpc) is 2.36. The van der Waals surface area contributed by atoms with Crippen LogP contribution in [0.1, 0.15) is 0 Å². The summed E-state index contributed by atoms with van der Waals surface area (Å²) in [6.07, 6.45) is 0. The van der Waals surface area contributed by atoms with Gasteiger partial charge in [-0.25, -0.2) is 13.6 Å². The van der Waals surface area contributed by atoms with Gasteiger partial charge in [-0.2, -0.15) is 0 Å². The lowest BCUT2D eigenvalue weighted by Crippen LogP contribution is -2.20. The van der Waals surface area contributed by atoms with Crippen LogP contribution in [0.15, 0.2) is 42.5 Å². The molecule has 19 heavy (non-hydrogen) atoms. The summed E-state index contributed by atoms with van der Waals surface area (Å²) in [4.78, 5) is 11.6. The summed E-state index contributed by atoms with van der Waals surface area (Å²) in [6.45, 7) is 0. The fourth-order valence-electron chi connectivity index (χ4n) is 1.42. The van der Waals surface area contributed by atoms with Crippen LogP contribution in [-0.2, 0) is 0 Å². The number of phenolic OH excluding ortho intramolecular Hbond substituents is 1. The number of amides is 2. The van der Waals surface area contributed by atoms with Gasteiger partial charge in [0, 0.05) is 11.8 Å². The largest absolute Gasteiger partial charge is 0.508 e. The molecule has 2 rings (SSSR count). The van der Waals surface area contributed by atoms with E-state index in [1.54, 1.807) is 0 Å². The fraction of sp³-hybridized carbons (Fsp3) is 0. The van der Waals surface area contributed by atoms with Gasteiger partial charge in [-0.05, 0) is 36.4 Å². The van der Waals surface area contributed by atoms with Crippen molar-refractivity contribution >= 4 is 17.4 Å². The third-order valence-corrected chi connectivity index (χ3v) is 2.30. The molecule has 0 atom stereocenters. The van der Waals surface area contributed by atoms with Crippen molar-refractivity contribution in [2.75, 3.05) is 10.6 Å². The van der Waals surface area contributed by atoms with Crippen LogP contribution in [0.3, 0.4) is 0 Å². The van der Waals surface area contributed by atoms with Crippen molar-refractivity contribution in [2.45, 2.75) is 0 Å². The Morgan fingerprint density at radius 1 is 1.00 bits per heavy atom. The van der Waals surface area contributed by atoms with E-state index in [4.69, 9.17) is 5.11 Å². The molecular weight excluding hydrogens is 254 g/mol. The Labute approximate surface area is 107 Å². The molecule has 0 bridgehead atoms. The summed E-state index contributed by atoms with van der Waals surface area (Å²) in [7, 11) is 0. The summed E-state index contributed by atoms with van der Waals surface area (Å²) >= 11 is 0. The zero-order chi connectivity index (χ0) is 13.8. The van der Waals surface area contributed by atoms with Crippen LogP contribution in [0, 0.1) is 11.6 Å². The highest BCUT2D eigenvalue weighted by Gasteiger charge is 2.07. The molecule has 0 unspecified atom stereocenters. The average molecular weight is 264 g/mol. The van der Waals surface area contributed by atoms with Crippen molar-refractivity contribution < 1.29 is 18.7 Å². The maximum atomic E-state index is 13.3. The van der Waals surface area contributed by atoms with Gasteiger partial charge in [-0.1, -0.05) is 0 Å². The molecular formula is C13H10F2N2O2. The molecule has 2 amide bonds. The van der Waals surface area contributed by atoms with Gasteiger partial charge < -0.3 is 15.7 Å². The Morgan fingerprint density at radius 2 is 1.68 bits per heavy atom. The second-order valence-electron chi connectivity index (χ2n) is 3.75. The van der Waals surface area contributed by atoms with Crippen molar-refractivity contribution in [3.63, 3.8) is 0 Å². The van der Waals surface area contributed by atoms with Gasteiger partial charge >= 0.3 is 6.03 Å². The molecule has 3 N–H and O–H groups in total. The first-order valence-electron chi connectivity index (χ1n) is 5.37. The second kappa shape index (κ2) is 5.34. The molecule has 4 nitrogen and oxygen atoms in total. The lowest BCUT2D eigenvalue weighted by molar-refractivity contribution is 0.262. The van der Waals surface area contributed by atoms with Crippen LogP contribution in [0.2, 0.25) is 0 Å². The van der Waals surface area contributed by atoms with E-state index in [2.05, 4.69) is 10.6 Å². The monoisotopic (exact) mass is 264 g/mol. The lowest BCUT2D eigenvalue weighted by atomic mass is 10.3. The topological polar surface area (TPSA) is 61.4 Å². The number of hydrogen-bond donors (Lipinski definition) is 3. The zero-order valence-electron chi connectivity index (χ0n) is 9.65. The van der Waals surface area contributed by atoms with Crippen molar-refractivity contribution in [3.05, 3.63) is 54.1 Å². The van der Waals surface area contributed by atoms with Crippen molar-refractivity contribution in [2.24, 2.45) is 0 Å². The number of rotatable bonds is 2. The maximum absolute atomic E-state index is 13.3. The first-order valence-corrected chi connectivity index (χ1v) is 5.37. The van der Waals surface area contributed by atoms with Crippen LogP contribution in [-0.4, -0.2) is 11.1 Å². The molecule has 0 saturated carbocycles. The van der Waals surface area contributed by atoms with Crippen molar-refractivity contribution in [3.8, 4) is 5.75 Å². The highest BCUT2D eigenvalue weighted by molar-refractivity contribution is 5.99. The standard InChI is InChI=1S/C13H10F2N2O2/c14-8-1-6-12(11(15)7-8)17-13(19)16-9-2-4-10(18)5-3-9/h1-7,18H,(H2,16,17,19). The number of nitrogens with one attached hydrogen (secondary N) is 2. The first kappa shape index (κ1) is 12.8. The van der Waals surface area contributed by atoms with E-state index < -0.39 is 17.7 Å². The number of halogens is 2. The maximum Gasteiger partial charge on any atom is 0.323 e. The van der Waals surface area contributed by atoms with Gasteiger partial charge in [-0.3, -0.25) is 0 Å². The molecule has 0 aromatic heterocycles. The first-order chi connectivity index (χ1) is 9.04. The van der Waals surface area contributed by atoms with Gasteiger partial charge in [0.05, 0.1) is 5.69 Å². The summed E-state index contributed by atoms with van der Waals surface area (Å²) in [5.41, 5.74) is 0.301. The number of carbonyl (C=O) groups is 1. The summed E-state index contributed by atoms with van der Waals surface area (Å²) < 4.78 is 26.0. The molecule has 0 heterocycles. The van der Waals surface area contributed by atoms with Gasteiger partial charge in [-0.15, -0.1) is 0 Å². The van der Waals surface area contributed by atoms with E-state index >= 15 is 0 Å². The van der Waals surface area contributed by atoms with Crippen LogP contribution < -0.4 is 10.6 Å². The van der Waals surface area contributed by atoms with Gasteiger partial charge in [0.25, 0.3) is 0 Å². The normalized spacial score (nSPS) is 10.0. The fourth-order valence-corrected chi connectivity index (χ4v) is 1.42. The lowest BCUT2D eigenvalue weighted by Gasteiger charge is -2.08. The number of carbonyl (C=O) groups excluding carboxylic acids is 1. The minimum absolute atomic E-state index is 0.0653. The van der Waals surface area contributed by atoms with E-state index in [1.165, 1.54) is 24.3 Å². The van der Waals surface area contributed by atoms with Crippen LogP contribution in [0.4, 0.5) is 25.0 Å². The Morgan fingerprint density at radius 3 is 2.32 bits per heavy atom. The van der Waals surface area contributed by atoms with E-state index in [9.17, 15) is 13.6 Å². The molecule has 2 aromatic carbocycles. The van der Waals surface area contributed by atoms with Crippen LogP contribution in [0.25, 0.3) is 0 Å².